The second-order valence-corrected chi connectivity index (χ2v) is 5.22. The minimum atomic E-state index is -0.335. The molecule has 0 radical (unpaired) electrons. The summed E-state index contributed by atoms with van der Waals surface area (Å²) in [6, 6.07) is 10.1. The van der Waals surface area contributed by atoms with Gasteiger partial charge in [-0.3, -0.25) is 4.79 Å². The Hall–Kier alpha value is -2.69. The maximum Gasteiger partial charge on any atom is 0.167 e. The van der Waals surface area contributed by atoms with Gasteiger partial charge in [0.05, 0.1) is 5.56 Å². The standard InChI is InChI=1S/C18H17FO4/c1-12(20)2-8-17(22)16-10-15(21)7-9-18(16)23-11-13-3-5-14(19)6-4-13/h3-7,9-10,21H,2,8,11H2,1H3. The molecule has 0 saturated carbocycles. The highest BCUT2D eigenvalue weighted by Gasteiger charge is 2.14. The highest BCUT2D eigenvalue weighted by molar-refractivity contribution is 6.00. The zero-order valence-electron chi connectivity index (χ0n) is 12.7. The van der Waals surface area contributed by atoms with E-state index >= 15 is 0 Å². The van der Waals surface area contributed by atoms with Crippen molar-refractivity contribution < 1.29 is 23.8 Å². The summed E-state index contributed by atoms with van der Waals surface area (Å²) in [4.78, 5) is 23.2. The number of phenolic OH excluding ortho intramolecular Hbond substituents is 1. The molecule has 2 rings (SSSR count). The second-order valence-electron chi connectivity index (χ2n) is 5.22. The molecule has 0 amide bonds. The highest BCUT2D eigenvalue weighted by Crippen LogP contribution is 2.26. The summed E-state index contributed by atoms with van der Waals surface area (Å²) in [5.41, 5.74) is 0.981. The van der Waals surface area contributed by atoms with Gasteiger partial charge >= 0.3 is 0 Å². The summed E-state index contributed by atoms with van der Waals surface area (Å²) in [6.45, 7) is 1.58. The van der Waals surface area contributed by atoms with Crippen molar-refractivity contribution in [2.45, 2.75) is 26.4 Å². The van der Waals surface area contributed by atoms with Crippen molar-refractivity contribution in [1.29, 1.82) is 0 Å². The van der Waals surface area contributed by atoms with E-state index < -0.39 is 0 Å². The molecule has 120 valence electrons. The van der Waals surface area contributed by atoms with Crippen molar-refractivity contribution in [1.82, 2.24) is 0 Å². The molecule has 2 aromatic carbocycles. The molecular weight excluding hydrogens is 299 g/mol. The Labute approximate surface area is 133 Å². The van der Waals surface area contributed by atoms with Gasteiger partial charge in [-0.15, -0.1) is 0 Å². The zero-order chi connectivity index (χ0) is 16.8. The van der Waals surface area contributed by atoms with Gasteiger partial charge in [-0.25, -0.2) is 4.39 Å². The number of Topliss-reactive ketones (excluding diaryl/α,β-unsaturated/α-hetero) is 2. The largest absolute Gasteiger partial charge is 0.508 e. The first-order chi connectivity index (χ1) is 11.0. The van der Waals surface area contributed by atoms with Crippen LogP contribution in [0.3, 0.4) is 0 Å². The van der Waals surface area contributed by atoms with E-state index in [4.69, 9.17) is 4.74 Å². The van der Waals surface area contributed by atoms with Gasteiger partial charge in [0.15, 0.2) is 5.78 Å². The number of hydrogen-bond donors (Lipinski definition) is 1. The number of phenols is 1. The molecular formula is C18H17FO4. The Morgan fingerprint density at radius 2 is 1.78 bits per heavy atom. The van der Waals surface area contributed by atoms with E-state index in [1.54, 1.807) is 12.1 Å². The molecule has 0 aliphatic heterocycles. The SMILES string of the molecule is CC(=O)CCC(=O)c1cc(O)ccc1OCc1ccc(F)cc1. The average molecular weight is 316 g/mol. The molecule has 23 heavy (non-hydrogen) atoms. The van der Waals surface area contributed by atoms with Gasteiger partial charge in [0.1, 0.15) is 29.7 Å². The monoisotopic (exact) mass is 316 g/mol. The maximum atomic E-state index is 12.9. The number of halogens is 1. The third-order valence-corrected chi connectivity index (χ3v) is 3.28. The van der Waals surface area contributed by atoms with Gasteiger partial charge < -0.3 is 14.6 Å². The van der Waals surface area contributed by atoms with E-state index in [9.17, 15) is 19.1 Å². The molecule has 0 heterocycles. The van der Waals surface area contributed by atoms with Crippen molar-refractivity contribution in [2.24, 2.45) is 0 Å². The fourth-order valence-electron chi connectivity index (χ4n) is 2.03. The van der Waals surface area contributed by atoms with Crippen LogP contribution in [0.15, 0.2) is 42.5 Å². The molecule has 1 N–H and O–H groups in total. The van der Waals surface area contributed by atoms with Crippen LogP contribution in [-0.4, -0.2) is 16.7 Å². The molecule has 0 atom stereocenters. The molecule has 2 aromatic rings. The lowest BCUT2D eigenvalue weighted by molar-refractivity contribution is -0.116. The van der Waals surface area contributed by atoms with Gasteiger partial charge in [0, 0.05) is 12.8 Å². The Bertz CT molecular complexity index is 707. The number of rotatable bonds is 7. The Morgan fingerprint density at radius 1 is 1.09 bits per heavy atom. The molecule has 0 bridgehead atoms. The van der Waals surface area contributed by atoms with E-state index in [2.05, 4.69) is 0 Å². The van der Waals surface area contributed by atoms with Crippen LogP contribution in [0, 0.1) is 5.82 Å². The van der Waals surface area contributed by atoms with Crippen LogP contribution in [0.4, 0.5) is 4.39 Å². The van der Waals surface area contributed by atoms with Crippen molar-refractivity contribution in [2.75, 3.05) is 0 Å². The number of hydrogen-bond acceptors (Lipinski definition) is 4. The molecule has 0 saturated heterocycles. The maximum absolute atomic E-state index is 12.9. The average Bonchev–Trinajstić information content (AvgIpc) is 2.53. The molecule has 0 spiro atoms. The van der Waals surface area contributed by atoms with Crippen molar-refractivity contribution >= 4 is 11.6 Å². The first-order valence-corrected chi connectivity index (χ1v) is 7.18. The van der Waals surface area contributed by atoms with Gasteiger partial charge in [0.2, 0.25) is 0 Å². The van der Waals surface area contributed by atoms with E-state index in [-0.39, 0.29) is 48.1 Å². The van der Waals surface area contributed by atoms with Crippen LogP contribution in [-0.2, 0) is 11.4 Å². The Morgan fingerprint density at radius 3 is 2.43 bits per heavy atom. The van der Waals surface area contributed by atoms with Crippen molar-refractivity contribution in [3.8, 4) is 11.5 Å². The van der Waals surface area contributed by atoms with Crippen molar-refractivity contribution in [3.63, 3.8) is 0 Å². The molecule has 0 fully saturated rings. The molecule has 5 heteroatoms. The number of benzene rings is 2. The van der Waals surface area contributed by atoms with Crippen LogP contribution < -0.4 is 4.74 Å². The Kier molecular flexibility index (Phi) is 5.46. The van der Waals surface area contributed by atoms with E-state index in [0.29, 0.717) is 5.75 Å². The predicted molar refractivity (Wildman–Crippen MR) is 83.1 cm³/mol. The van der Waals surface area contributed by atoms with Gasteiger partial charge in [0.25, 0.3) is 0 Å². The summed E-state index contributed by atoms with van der Waals surface area (Å²) >= 11 is 0. The summed E-state index contributed by atoms with van der Waals surface area (Å²) in [5, 5.41) is 9.56. The van der Waals surface area contributed by atoms with Crippen LogP contribution in [0.2, 0.25) is 0 Å². The van der Waals surface area contributed by atoms with Gasteiger partial charge in [-0.1, -0.05) is 12.1 Å². The number of carbonyl (C=O) groups is 2. The number of ether oxygens (including phenoxy) is 1. The van der Waals surface area contributed by atoms with E-state index in [0.717, 1.165) is 5.56 Å². The van der Waals surface area contributed by atoms with Crippen LogP contribution >= 0.6 is 0 Å². The first-order valence-electron chi connectivity index (χ1n) is 7.18. The van der Waals surface area contributed by atoms with Gasteiger partial charge in [-0.2, -0.15) is 0 Å². The third-order valence-electron chi connectivity index (χ3n) is 3.28. The minimum absolute atomic E-state index is 0.0506. The van der Waals surface area contributed by atoms with Crippen LogP contribution in [0.1, 0.15) is 35.7 Å². The molecule has 0 unspecified atom stereocenters. The number of carbonyl (C=O) groups excluding carboxylic acids is 2. The lowest BCUT2D eigenvalue weighted by Gasteiger charge is -2.11. The topological polar surface area (TPSA) is 63.6 Å². The molecule has 0 aliphatic rings. The van der Waals surface area contributed by atoms with E-state index in [1.807, 2.05) is 0 Å². The smallest absolute Gasteiger partial charge is 0.167 e. The third kappa shape index (κ3) is 4.92. The fourth-order valence-corrected chi connectivity index (χ4v) is 2.03. The normalized spacial score (nSPS) is 10.3. The Balaban J connectivity index is 2.12. The molecule has 0 aromatic heterocycles. The van der Waals surface area contributed by atoms with E-state index in [1.165, 1.54) is 37.3 Å². The first kappa shape index (κ1) is 16.7. The summed E-state index contributed by atoms with van der Waals surface area (Å²) in [6.07, 6.45) is 0.206. The summed E-state index contributed by atoms with van der Waals surface area (Å²) in [5.74, 6) is -0.415. The number of ketones is 2. The fraction of sp³-hybridized carbons (Fsp3) is 0.222. The van der Waals surface area contributed by atoms with Crippen LogP contribution in [0.25, 0.3) is 0 Å². The minimum Gasteiger partial charge on any atom is -0.508 e. The lowest BCUT2D eigenvalue weighted by atomic mass is 10.0. The predicted octanol–water partition coefficient (Wildman–Crippen LogP) is 3.66. The van der Waals surface area contributed by atoms with Crippen molar-refractivity contribution in [3.05, 3.63) is 59.4 Å². The molecule has 4 nitrogen and oxygen atoms in total. The zero-order valence-corrected chi connectivity index (χ0v) is 12.7. The van der Waals surface area contributed by atoms with Crippen LogP contribution in [0.5, 0.6) is 11.5 Å². The second kappa shape index (κ2) is 7.54. The number of aromatic hydroxyl groups is 1. The lowest BCUT2D eigenvalue weighted by Crippen LogP contribution is -2.06. The quantitative estimate of drug-likeness (QED) is 0.792. The summed E-state index contributed by atoms with van der Waals surface area (Å²) in [7, 11) is 0. The summed E-state index contributed by atoms with van der Waals surface area (Å²) < 4.78 is 18.5. The molecule has 0 aliphatic carbocycles. The highest BCUT2D eigenvalue weighted by atomic mass is 19.1. The van der Waals surface area contributed by atoms with Gasteiger partial charge in [-0.05, 0) is 42.8 Å².